The van der Waals surface area contributed by atoms with Gasteiger partial charge in [0.1, 0.15) is 23.7 Å². The average Bonchev–Trinajstić information content (AvgIpc) is 4.03. The number of ether oxygens (including phenoxy) is 2. The summed E-state index contributed by atoms with van der Waals surface area (Å²) < 4.78 is 9.49. The van der Waals surface area contributed by atoms with Crippen molar-refractivity contribution in [2.45, 2.75) is 108 Å². The van der Waals surface area contributed by atoms with Gasteiger partial charge in [-0.05, 0) is 80.8 Å². The molecule has 3 fully saturated rings. The molecule has 3 aliphatic rings. The molecule has 4 atom stereocenters. The summed E-state index contributed by atoms with van der Waals surface area (Å²) in [5.74, 6) is 2.02. The zero-order chi connectivity index (χ0) is 38.4. The molecule has 4 heterocycles. The first-order chi connectivity index (χ1) is 26.1. The molecule has 54 heavy (non-hydrogen) atoms. The summed E-state index contributed by atoms with van der Waals surface area (Å²) in [6.07, 6.45) is 12.0. The highest BCUT2D eigenvalue weighted by molar-refractivity contribution is 5.87. The van der Waals surface area contributed by atoms with Crippen molar-refractivity contribution in [1.29, 1.82) is 0 Å². The molecule has 14 nitrogen and oxygen atoms in total. The van der Waals surface area contributed by atoms with Crippen molar-refractivity contribution in [2.75, 3.05) is 27.3 Å². The minimum atomic E-state index is -0.728. The second-order valence-electron chi connectivity index (χ2n) is 15.0. The summed E-state index contributed by atoms with van der Waals surface area (Å²) in [5, 5.41) is 5.35. The van der Waals surface area contributed by atoms with Crippen LogP contribution in [-0.4, -0.2) is 93.1 Å². The molecule has 0 bridgehead atoms. The Bertz CT molecular complexity index is 1780. The van der Waals surface area contributed by atoms with E-state index in [1.54, 1.807) is 6.08 Å². The first-order valence-corrected chi connectivity index (χ1v) is 19.2. The lowest BCUT2D eigenvalue weighted by Crippen LogP contribution is -2.51. The van der Waals surface area contributed by atoms with Crippen LogP contribution in [0.15, 0.2) is 49.3 Å². The van der Waals surface area contributed by atoms with Crippen LogP contribution < -0.4 is 10.6 Å². The van der Waals surface area contributed by atoms with E-state index in [-0.39, 0.29) is 29.8 Å². The molecule has 0 unspecified atom stereocenters. The number of hydrogen-bond acceptors (Lipinski definition) is 8. The summed E-state index contributed by atoms with van der Waals surface area (Å²) >= 11 is 0. The minimum Gasteiger partial charge on any atom is -0.453 e. The van der Waals surface area contributed by atoms with E-state index in [1.807, 2.05) is 36.0 Å². The lowest BCUT2D eigenvalue weighted by Gasteiger charge is -2.30. The Labute approximate surface area is 316 Å². The Balaban J connectivity index is 1.04. The summed E-state index contributed by atoms with van der Waals surface area (Å²) in [4.78, 5) is 70.9. The fourth-order valence-electron chi connectivity index (χ4n) is 8.35. The molecule has 290 valence electrons. The number of nitrogens with one attached hydrogen (secondary N) is 4. The average molecular weight is 743 g/mol. The van der Waals surface area contributed by atoms with Gasteiger partial charge in [-0.15, -0.1) is 6.58 Å². The minimum absolute atomic E-state index is 0.0930. The third-order valence-electron chi connectivity index (χ3n) is 11.3. The quantitative estimate of drug-likeness (QED) is 0.158. The lowest BCUT2D eigenvalue weighted by molar-refractivity contribution is -0.135. The molecule has 2 aliphatic heterocycles. The van der Waals surface area contributed by atoms with Crippen LogP contribution in [0.4, 0.5) is 9.59 Å². The molecule has 2 saturated heterocycles. The zero-order valence-electron chi connectivity index (χ0n) is 31.8. The smallest absolute Gasteiger partial charge is 0.407 e. The van der Waals surface area contributed by atoms with Crippen molar-refractivity contribution >= 4 is 24.0 Å². The predicted molar refractivity (Wildman–Crippen MR) is 202 cm³/mol. The molecule has 2 aromatic heterocycles. The molecular formula is C40H54N8O6. The molecule has 1 aromatic carbocycles. The molecule has 4 amide bonds. The maximum atomic E-state index is 13.5. The van der Waals surface area contributed by atoms with Gasteiger partial charge < -0.3 is 39.9 Å². The fourth-order valence-corrected chi connectivity index (χ4v) is 8.35. The number of methoxy groups -OCH3 is 2. The van der Waals surface area contributed by atoms with Crippen LogP contribution in [0.1, 0.15) is 118 Å². The van der Waals surface area contributed by atoms with Gasteiger partial charge in [-0.25, -0.2) is 19.6 Å². The maximum Gasteiger partial charge on any atom is 0.407 e. The largest absolute Gasteiger partial charge is 0.453 e. The van der Waals surface area contributed by atoms with Crippen molar-refractivity contribution < 1.29 is 28.7 Å². The standard InChI is InChI=1S/C40H54N8O6/c1-6-9-29(45-39(51)53-4)37(49)47-20-7-10-32(47)35-41-22-30(43-35)27-16-12-25(13-17-27)26-14-18-28(19-15-26)31-23-42-36(44-31)33-11-8-21-48(33)38(50)34(24(2)3)46-40(52)54-5/h6,14-15,18-19,22-25,27,29,32-34H,1,7-13,16-17,20-21H2,2-5H3,(H,41,43)(H,42,44)(H,45,51)(H,46,52)/t25?,27?,29-,32+,33+,34+/m1/s1. The fraction of sp³-hybridized carbons (Fsp3) is 0.550. The van der Waals surface area contributed by atoms with Crippen molar-refractivity contribution in [1.82, 2.24) is 40.4 Å². The van der Waals surface area contributed by atoms with Gasteiger partial charge in [-0.2, -0.15) is 0 Å². The maximum absolute atomic E-state index is 13.5. The number of carbonyl (C=O) groups excluding carboxylic acids is 4. The van der Waals surface area contributed by atoms with Gasteiger partial charge in [-0.1, -0.05) is 44.2 Å². The number of benzene rings is 1. The molecular weight excluding hydrogens is 688 g/mol. The monoisotopic (exact) mass is 742 g/mol. The molecule has 6 rings (SSSR count). The van der Waals surface area contributed by atoms with Crippen molar-refractivity contribution in [3.8, 4) is 11.3 Å². The number of hydrogen-bond donors (Lipinski definition) is 4. The third-order valence-corrected chi connectivity index (χ3v) is 11.3. The number of aromatic amines is 2. The van der Waals surface area contributed by atoms with Gasteiger partial charge in [0.2, 0.25) is 11.8 Å². The first kappa shape index (κ1) is 38.6. The Kier molecular flexibility index (Phi) is 12.4. The highest BCUT2D eigenvalue weighted by Gasteiger charge is 2.38. The van der Waals surface area contributed by atoms with Crippen LogP contribution in [0.3, 0.4) is 0 Å². The van der Waals surface area contributed by atoms with Crippen LogP contribution in [-0.2, 0) is 19.1 Å². The molecule has 1 saturated carbocycles. The van der Waals surface area contributed by atoms with Gasteiger partial charge in [-0.3, -0.25) is 9.59 Å². The normalized spacial score (nSPS) is 22.5. The van der Waals surface area contributed by atoms with Crippen LogP contribution in [0.2, 0.25) is 0 Å². The molecule has 0 radical (unpaired) electrons. The Hall–Kier alpha value is -5.14. The van der Waals surface area contributed by atoms with E-state index in [4.69, 9.17) is 19.4 Å². The van der Waals surface area contributed by atoms with E-state index in [0.717, 1.165) is 80.0 Å². The molecule has 14 heteroatoms. The number of rotatable bonds is 12. The van der Waals surface area contributed by atoms with Gasteiger partial charge in [0.15, 0.2) is 0 Å². The van der Waals surface area contributed by atoms with Crippen LogP contribution in [0.5, 0.6) is 0 Å². The van der Waals surface area contributed by atoms with E-state index in [2.05, 4.69) is 51.4 Å². The van der Waals surface area contributed by atoms with Gasteiger partial charge in [0.05, 0.1) is 38.2 Å². The molecule has 4 N–H and O–H groups in total. The van der Waals surface area contributed by atoms with Crippen molar-refractivity contribution in [3.05, 3.63) is 72.2 Å². The first-order valence-electron chi connectivity index (χ1n) is 19.2. The highest BCUT2D eigenvalue weighted by atomic mass is 16.5. The summed E-state index contributed by atoms with van der Waals surface area (Å²) in [7, 11) is 2.58. The second kappa shape index (κ2) is 17.3. The van der Waals surface area contributed by atoms with Gasteiger partial charge >= 0.3 is 12.2 Å². The number of carbonyl (C=O) groups is 4. The summed E-state index contributed by atoms with van der Waals surface area (Å²) in [6, 6.07) is 6.96. The van der Waals surface area contributed by atoms with Crippen molar-refractivity contribution in [2.24, 2.45) is 5.92 Å². The number of amides is 4. The second-order valence-corrected chi connectivity index (χ2v) is 15.0. The number of likely N-dealkylation sites (tertiary alicyclic amines) is 2. The summed E-state index contributed by atoms with van der Waals surface area (Å²) in [5.41, 5.74) is 4.38. The third kappa shape index (κ3) is 8.47. The Morgan fingerprint density at radius 3 is 2.00 bits per heavy atom. The number of imidazole rings is 2. The Morgan fingerprint density at radius 1 is 0.815 bits per heavy atom. The van der Waals surface area contributed by atoms with E-state index in [9.17, 15) is 19.2 Å². The zero-order valence-corrected chi connectivity index (χ0v) is 31.8. The molecule has 3 aromatic rings. The van der Waals surface area contributed by atoms with E-state index >= 15 is 0 Å². The SMILES string of the molecule is C=CC[C@@H](NC(=O)OC)C(=O)N1CCC[C@H]1c1ncc(C2CCC(c3ccc(-c4cnc([C@@H]5CCCN5C(=O)[C@@H](NC(=O)OC)C(C)C)[nH]4)cc3)CC2)[nH]1. The van der Waals surface area contributed by atoms with Gasteiger partial charge in [0.25, 0.3) is 0 Å². The van der Waals surface area contributed by atoms with E-state index in [1.165, 1.54) is 19.8 Å². The Morgan fingerprint density at radius 2 is 1.39 bits per heavy atom. The predicted octanol–water partition coefficient (Wildman–Crippen LogP) is 6.25. The van der Waals surface area contributed by atoms with Crippen LogP contribution in [0.25, 0.3) is 11.3 Å². The number of H-pyrrole nitrogens is 2. The van der Waals surface area contributed by atoms with Crippen molar-refractivity contribution in [3.63, 3.8) is 0 Å². The number of nitrogens with zero attached hydrogens (tertiary/aromatic N) is 4. The van der Waals surface area contributed by atoms with Crippen LogP contribution >= 0.6 is 0 Å². The molecule has 1 aliphatic carbocycles. The van der Waals surface area contributed by atoms with E-state index in [0.29, 0.717) is 31.3 Å². The molecule has 0 spiro atoms. The number of aromatic nitrogens is 4. The van der Waals surface area contributed by atoms with Crippen LogP contribution in [0, 0.1) is 5.92 Å². The summed E-state index contributed by atoms with van der Waals surface area (Å²) in [6.45, 7) is 8.78. The lowest BCUT2D eigenvalue weighted by atomic mass is 9.77. The number of alkyl carbamates (subject to hydrolysis) is 2. The van der Waals surface area contributed by atoms with Gasteiger partial charge in [0, 0.05) is 30.9 Å². The highest BCUT2D eigenvalue weighted by Crippen LogP contribution is 2.41. The topological polar surface area (TPSA) is 175 Å². The van der Waals surface area contributed by atoms with E-state index < -0.39 is 24.3 Å².